The van der Waals surface area contributed by atoms with Gasteiger partial charge in [-0.3, -0.25) is 25.2 Å². The van der Waals surface area contributed by atoms with Crippen LogP contribution in [0.3, 0.4) is 0 Å². The van der Waals surface area contributed by atoms with E-state index in [1.54, 1.807) is 12.3 Å². The van der Waals surface area contributed by atoms with Crippen LogP contribution < -0.4 is 16.4 Å². The summed E-state index contributed by atoms with van der Waals surface area (Å²) in [6.45, 7) is 2.44. The lowest BCUT2D eigenvalue weighted by molar-refractivity contribution is 0.0840. The maximum atomic E-state index is 12.0. The quantitative estimate of drug-likeness (QED) is 0.676. The molecule has 122 valence electrons. The molecule has 0 saturated carbocycles. The number of carbonyl (C=O) groups excluding carboxylic acids is 2. The molecule has 2 amide bonds. The molecule has 0 aromatic carbocycles. The minimum atomic E-state index is -0.603. The summed E-state index contributed by atoms with van der Waals surface area (Å²) < 4.78 is 1.96. The Hall–Kier alpha value is -2.42. The van der Waals surface area contributed by atoms with E-state index in [4.69, 9.17) is 0 Å². The summed E-state index contributed by atoms with van der Waals surface area (Å²) in [5.41, 5.74) is 4.60. The minimum absolute atomic E-state index is 0.0497. The molecule has 0 spiro atoms. The fourth-order valence-electron chi connectivity index (χ4n) is 1.78. The first kappa shape index (κ1) is 16.9. The molecule has 2 rings (SSSR count). The predicted octanol–water partition coefficient (Wildman–Crippen LogP) is 1.21. The molecule has 9 heteroatoms. The normalized spacial score (nSPS) is 10.3. The summed E-state index contributed by atoms with van der Waals surface area (Å²) in [5, 5.41) is 3.99. The molecule has 3 N–H and O–H groups in total. The second-order valence-electron chi connectivity index (χ2n) is 4.77. The Morgan fingerprint density at radius 2 is 2.04 bits per heavy atom. The highest BCUT2D eigenvalue weighted by atomic mass is 79.9. The number of nitrogens with zero attached hydrogens (tertiary/aromatic N) is 2. The van der Waals surface area contributed by atoms with Crippen LogP contribution in [-0.4, -0.2) is 26.6 Å². The van der Waals surface area contributed by atoms with E-state index >= 15 is 0 Å². The van der Waals surface area contributed by atoms with Crippen molar-refractivity contribution in [1.29, 1.82) is 0 Å². The molecule has 0 unspecified atom stereocenters. The number of hydrogen-bond donors (Lipinski definition) is 3. The molecule has 2 aromatic heterocycles. The second-order valence-corrected chi connectivity index (χ2v) is 5.69. The van der Waals surface area contributed by atoms with Crippen molar-refractivity contribution in [2.24, 2.45) is 0 Å². The number of aryl methyl sites for hydroxylation is 1. The first-order valence-electron chi connectivity index (χ1n) is 7.04. The van der Waals surface area contributed by atoms with Crippen molar-refractivity contribution in [3.8, 4) is 0 Å². The molecule has 23 heavy (non-hydrogen) atoms. The van der Waals surface area contributed by atoms with Gasteiger partial charge in [-0.1, -0.05) is 13.3 Å². The summed E-state index contributed by atoms with van der Waals surface area (Å²) in [5.74, 6) is -1.10. The van der Waals surface area contributed by atoms with Gasteiger partial charge in [0.25, 0.3) is 17.4 Å². The Balaban J connectivity index is 2.00. The van der Waals surface area contributed by atoms with Gasteiger partial charge < -0.3 is 4.98 Å². The number of aromatic nitrogens is 3. The van der Waals surface area contributed by atoms with Gasteiger partial charge in [0.1, 0.15) is 5.69 Å². The maximum Gasteiger partial charge on any atom is 0.290 e. The number of rotatable bonds is 5. The van der Waals surface area contributed by atoms with Crippen molar-refractivity contribution in [2.45, 2.75) is 26.3 Å². The Morgan fingerprint density at radius 1 is 1.30 bits per heavy atom. The lowest BCUT2D eigenvalue weighted by atomic mass is 10.3. The Labute approximate surface area is 140 Å². The van der Waals surface area contributed by atoms with Gasteiger partial charge in [-0.05, 0) is 34.5 Å². The summed E-state index contributed by atoms with van der Waals surface area (Å²) in [6, 6.07) is 4.17. The standard InChI is InChI=1S/C14H16BrN5O3/c1-2-3-6-20-12(21)5-4-10(19-20)13(22)17-18-14(23)11-7-9(15)8-16-11/h4-5,7-8,16H,2-3,6H2,1H3,(H,17,22)(H,18,23). The van der Waals surface area contributed by atoms with Crippen molar-refractivity contribution in [3.05, 3.63) is 50.6 Å². The molecule has 2 heterocycles. The van der Waals surface area contributed by atoms with Crippen LogP contribution in [0.2, 0.25) is 0 Å². The van der Waals surface area contributed by atoms with Crippen molar-refractivity contribution >= 4 is 27.7 Å². The Kier molecular flexibility index (Phi) is 5.69. The van der Waals surface area contributed by atoms with Gasteiger partial charge in [-0.2, -0.15) is 5.10 Å². The number of amides is 2. The molecule has 0 bridgehead atoms. The van der Waals surface area contributed by atoms with Crippen LogP contribution in [0.5, 0.6) is 0 Å². The lowest BCUT2D eigenvalue weighted by Crippen LogP contribution is -2.42. The molecule has 2 aromatic rings. The molecular weight excluding hydrogens is 366 g/mol. The van der Waals surface area contributed by atoms with Gasteiger partial charge in [0, 0.05) is 23.3 Å². The number of nitrogens with one attached hydrogen (secondary N) is 3. The van der Waals surface area contributed by atoms with Crippen LogP contribution in [0.1, 0.15) is 40.7 Å². The number of hydrogen-bond acceptors (Lipinski definition) is 4. The number of aromatic amines is 1. The molecule has 0 aliphatic heterocycles. The largest absolute Gasteiger partial charge is 0.356 e. The topological polar surface area (TPSA) is 109 Å². The molecule has 0 aliphatic carbocycles. The Bertz CT molecular complexity index is 768. The van der Waals surface area contributed by atoms with Crippen LogP contribution in [0.4, 0.5) is 0 Å². The molecular formula is C14H16BrN5O3. The molecule has 0 atom stereocenters. The van der Waals surface area contributed by atoms with Gasteiger partial charge in [0.05, 0.1) is 0 Å². The first-order chi connectivity index (χ1) is 11.0. The van der Waals surface area contributed by atoms with Crippen LogP contribution in [0, 0.1) is 0 Å². The highest BCUT2D eigenvalue weighted by Crippen LogP contribution is 2.09. The molecule has 8 nitrogen and oxygen atoms in total. The smallest absolute Gasteiger partial charge is 0.290 e. The van der Waals surface area contributed by atoms with Gasteiger partial charge >= 0.3 is 0 Å². The average molecular weight is 382 g/mol. The number of unbranched alkanes of at least 4 members (excludes halogenated alkanes) is 1. The van der Waals surface area contributed by atoms with Crippen LogP contribution >= 0.6 is 15.9 Å². The van der Waals surface area contributed by atoms with E-state index in [2.05, 4.69) is 36.9 Å². The second kappa shape index (κ2) is 7.73. The third kappa shape index (κ3) is 4.52. The van der Waals surface area contributed by atoms with E-state index in [-0.39, 0.29) is 16.9 Å². The summed E-state index contributed by atoms with van der Waals surface area (Å²) in [7, 11) is 0. The molecule has 0 radical (unpaired) electrons. The summed E-state index contributed by atoms with van der Waals surface area (Å²) >= 11 is 3.21. The van der Waals surface area contributed by atoms with Crippen LogP contribution in [-0.2, 0) is 6.54 Å². The van der Waals surface area contributed by atoms with Gasteiger partial charge in [0.15, 0.2) is 5.69 Å². The van der Waals surface area contributed by atoms with Crippen molar-refractivity contribution in [2.75, 3.05) is 0 Å². The van der Waals surface area contributed by atoms with E-state index in [1.165, 1.54) is 16.8 Å². The number of hydrazine groups is 1. The fourth-order valence-corrected chi connectivity index (χ4v) is 2.13. The fraction of sp³-hybridized carbons (Fsp3) is 0.286. The Morgan fingerprint density at radius 3 is 2.70 bits per heavy atom. The number of halogens is 1. The first-order valence-corrected chi connectivity index (χ1v) is 7.83. The predicted molar refractivity (Wildman–Crippen MR) is 86.8 cm³/mol. The third-order valence-corrected chi connectivity index (χ3v) is 3.46. The van der Waals surface area contributed by atoms with E-state index in [9.17, 15) is 14.4 Å². The van der Waals surface area contributed by atoms with Gasteiger partial charge in [-0.15, -0.1) is 0 Å². The van der Waals surface area contributed by atoms with Crippen molar-refractivity contribution < 1.29 is 9.59 Å². The average Bonchev–Trinajstić information content (AvgIpc) is 2.98. The highest BCUT2D eigenvalue weighted by Gasteiger charge is 2.12. The van der Waals surface area contributed by atoms with E-state index in [0.717, 1.165) is 17.3 Å². The molecule has 0 aliphatic rings. The zero-order valence-electron chi connectivity index (χ0n) is 12.4. The minimum Gasteiger partial charge on any atom is -0.356 e. The van der Waals surface area contributed by atoms with E-state index in [0.29, 0.717) is 6.54 Å². The zero-order chi connectivity index (χ0) is 16.8. The zero-order valence-corrected chi connectivity index (χ0v) is 14.0. The van der Waals surface area contributed by atoms with Crippen LogP contribution in [0.25, 0.3) is 0 Å². The van der Waals surface area contributed by atoms with E-state index < -0.39 is 11.8 Å². The van der Waals surface area contributed by atoms with Gasteiger partial charge in [0.2, 0.25) is 0 Å². The third-order valence-electron chi connectivity index (χ3n) is 3.00. The summed E-state index contributed by atoms with van der Waals surface area (Å²) in [6.07, 6.45) is 3.30. The highest BCUT2D eigenvalue weighted by molar-refractivity contribution is 9.10. The number of carbonyl (C=O) groups is 2. The number of H-pyrrole nitrogens is 1. The lowest BCUT2D eigenvalue weighted by Gasteiger charge is -2.08. The van der Waals surface area contributed by atoms with Crippen LogP contribution in [0.15, 0.2) is 33.7 Å². The molecule has 0 saturated heterocycles. The van der Waals surface area contributed by atoms with Crippen molar-refractivity contribution in [3.63, 3.8) is 0 Å². The maximum absolute atomic E-state index is 12.0. The van der Waals surface area contributed by atoms with E-state index in [1.807, 2.05) is 6.92 Å². The van der Waals surface area contributed by atoms with Crippen molar-refractivity contribution in [1.82, 2.24) is 25.6 Å². The van der Waals surface area contributed by atoms with Gasteiger partial charge in [-0.25, -0.2) is 4.68 Å². The summed E-state index contributed by atoms with van der Waals surface area (Å²) in [4.78, 5) is 38.2. The monoisotopic (exact) mass is 381 g/mol. The molecule has 0 fully saturated rings. The SMILES string of the molecule is CCCCn1nc(C(=O)NNC(=O)c2cc(Br)c[nH]2)ccc1=O.